The third kappa shape index (κ3) is 3.47. The molecule has 1 aliphatic carbocycles. The Morgan fingerprint density at radius 1 is 1.00 bits per heavy atom. The zero-order valence-corrected chi connectivity index (χ0v) is 13.1. The summed E-state index contributed by atoms with van der Waals surface area (Å²) in [6, 6.07) is 15.7. The molecule has 1 aliphatic rings. The average Bonchev–Trinajstić information content (AvgIpc) is 2.55. The summed E-state index contributed by atoms with van der Waals surface area (Å²) in [7, 11) is 0. The van der Waals surface area contributed by atoms with Gasteiger partial charge in [0.2, 0.25) is 0 Å². The molecular weight excluding hydrogens is 254 g/mol. The second kappa shape index (κ2) is 6.62. The highest BCUT2D eigenvalue weighted by Crippen LogP contribution is 2.32. The lowest BCUT2D eigenvalue weighted by atomic mass is 9.76. The summed E-state index contributed by atoms with van der Waals surface area (Å²) in [5.74, 6) is 1.67. The Morgan fingerprint density at radius 3 is 2.43 bits per heavy atom. The van der Waals surface area contributed by atoms with Crippen LogP contribution in [0.1, 0.15) is 44.6 Å². The van der Waals surface area contributed by atoms with E-state index in [0.717, 1.165) is 18.3 Å². The zero-order valence-electron chi connectivity index (χ0n) is 13.1. The summed E-state index contributed by atoms with van der Waals surface area (Å²) in [5, 5.41) is 2.65. The minimum Gasteiger partial charge on any atom is -0.327 e. The van der Waals surface area contributed by atoms with E-state index in [9.17, 15) is 0 Å². The standard InChI is InChI=1S/C20H27N/c1-2-15-7-11-18(12-8-15)20(21)14-16-9-10-17-5-3-4-6-19(17)13-16/h3-6,9-10,13,15,18,20H,2,7-8,11-12,14,21H2,1H3. The highest BCUT2D eigenvalue weighted by molar-refractivity contribution is 5.82. The van der Waals surface area contributed by atoms with E-state index in [1.165, 1.54) is 48.4 Å². The van der Waals surface area contributed by atoms with Crippen LogP contribution in [-0.4, -0.2) is 6.04 Å². The Balaban J connectivity index is 1.64. The van der Waals surface area contributed by atoms with Gasteiger partial charge in [0.15, 0.2) is 0 Å². The molecule has 0 radical (unpaired) electrons. The molecule has 1 unspecified atom stereocenters. The summed E-state index contributed by atoms with van der Waals surface area (Å²) in [5.41, 5.74) is 7.90. The van der Waals surface area contributed by atoms with Crippen LogP contribution in [-0.2, 0) is 6.42 Å². The normalized spacial score (nSPS) is 24.1. The van der Waals surface area contributed by atoms with Crippen LogP contribution in [0.4, 0.5) is 0 Å². The van der Waals surface area contributed by atoms with Crippen molar-refractivity contribution in [2.45, 2.75) is 51.5 Å². The smallest absolute Gasteiger partial charge is 0.0108 e. The van der Waals surface area contributed by atoms with Crippen molar-refractivity contribution in [3.8, 4) is 0 Å². The molecule has 0 saturated heterocycles. The van der Waals surface area contributed by atoms with Crippen molar-refractivity contribution in [3.05, 3.63) is 48.0 Å². The lowest BCUT2D eigenvalue weighted by Gasteiger charge is -2.31. The van der Waals surface area contributed by atoms with Gasteiger partial charge in [0.25, 0.3) is 0 Å². The molecule has 2 aromatic carbocycles. The number of nitrogens with two attached hydrogens (primary N) is 1. The molecule has 2 aromatic rings. The van der Waals surface area contributed by atoms with E-state index in [1.807, 2.05) is 0 Å². The largest absolute Gasteiger partial charge is 0.327 e. The number of benzene rings is 2. The van der Waals surface area contributed by atoms with Crippen molar-refractivity contribution in [1.29, 1.82) is 0 Å². The first kappa shape index (κ1) is 14.6. The fourth-order valence-electron chi connectivity index (χ4n) is 3.83. The molecule has 1 saturated carbocycles. The van der Waals surface area contributed by atoms with Crippen molar-refractivity contribution < 1.29 is 0 Å². The SMILES string of the molecule is CCC1CCC(C(N)Cc2ccc3ccccc3c2)CC1. The van der Waals surface area contributed by atoms with Gasteiger partial charge in [0.05, 0.1) is 0 Å². The van der Waals surface area contributed by atoms with Crippen LogP contribution in [0, 0.1) is 11.8 Å². The maximum atomic E-state index is 6.51. The second-order valence-corrected chi connectivity index (χ2v) is 6.74. The molecule has 1 atom stereocenters. The Morgan fingerprint density at radius 2 is 1.71 bits per heavy atom. The van der Waals surface area contributed by atoms with Crippen molar-refractivity contribution in [2.24, 2.45) is 17.6 Å². The van der Waals surface area contributed by atoms with Crippen molar-refractivity contribution in [2.75, 3.05) is 0 Å². The second-order valence-electron chi connectivity index (χ2n) is 6.74. The predicted octanol–water partition coefficient (Wildman–Crippen LogP) is 4.93. The molecule has 1 nitrogen and oxygen atoms in total. The van der Waals surface area contributed by atoms with Gasteiger partial charge in [-0.2, -0.15) is 0 Å². The van der Waals surface area contributed by atoms with Crippen molar-refractivity contribution in [3.63, 3.8) is 0 Å². The van der Waals surface area contributed by atoms with Crippen molar-refractivity contribution >= 4 is 10.8 Å². The van der Waals surface area contributed by atoms with E-state index >= 15 is 0 Å². The molecule has 112 valence electrons. The molecule has 21 heavy (non-hydrogen) atoms. The molecule has 3 rings (SSSR count). The van der Waals surface area contributed by atoms with Crippen LogP contribution in [0.2, 0.25) is 0 Å². The number of hydrogen-bond donors (Lipinski definition) is 1. The third-order valence-corrected chi connectivity index (χ3v) is 5.36. The Labute approximate surface area is 128 Å². The lowest BCUT2D eigenvalue weighted by Crippen LogP contribution is -2.34. The maximum absolute atomic E-state index is 6.51. The predicted molar refractivity (Wildman–Crippen MR) is 91.4 cm³/mol. The van der Waals surface area contributed by atoms with Crippen LogP contribution in [0.5, 0.6) is 0 Å². The Hall–Kier alpha value is -1.34. The topological polar surface area (TPSA) is 26.0 Å². The van der Waals surface area contributed by atoms with Crippen LogP contribution < -0.4 is 5.73 Å². The zero-order chi connectivity index (χ0) is 14.7. The molecule has 0 bridgehead atoms. The van der Waals surface area contributed by atoms with E-state index in [2.05, 4.69) is 49.4 Å². The van der Waals surface area contributed by atoms with Gasteiger partial charge < -0.3 is 5.73 Å². The minimum atomic E-state index is 0.323. The quantitative estimate of drug-likeness (QED) is 0.845. The molecule has 1 fully saturated rings. The van der Waals surface area contributed by atoms with Gasteiger partial charge >= 0.3 is 0 Å². The van der Waals surface area contributed by atoms with E-state index < -0.39 is 0 Å². The first-order valence-corrected chi connectivity index (χ1v) is 8.49. The molecule has 0 amide bonds. The van der Waals surface area contributed by atoms with Crippen LogP contribution in [0.15, 0.2) is 42.5 Å². The highest BCUT2D eigenvalue weighted by Gasteiger charge is 2.24. The van der Waals surface area contributed by atoms with Gasteiger partial charge in [-0.3, -0.25) is 0 Å². The number of rotatable bonds is 4. The van der Waals surface area contributed by atoms with Gasteiger partial charge in [-0.1, -0.05) is 68.7 Å². The molecule has 1 heteroatoms. The first-order chi connectivity index (χ1) is 10.3. The summed E-state index contributed by atoms with van der Waals surface area (Å²) in [6.07, 6.45) is 7.78. The lowest BCUT2D eigenvalue weighted by molar-refractivity contribution is 0.238. The fourth-order valence-corrected chi connectivity index (χ4v) is 3.83. The van der Waals surface area contributed by atoms with E-state index in [0.29, 0.717) is 6.04 Å². The molecule has 0 aromatic heterocycles. The summed E-state index contributed by atoms with van der Waals surface area (Å²) >= 11 is 0. The fraction of sp³-hybridized carbons (Fsp3) is 0.500. The van der Waals surface area contributed by atoms with Crippen molar-refractivity contribution in [1.82, 2.24) is 0 Å². The Kier molecular flexibility index (Phi) is 4.60. The highest BCUT2D eigenvalue weighted by atomic mass is 14.6. The maximum Gasteiger partial charge on any atom is 0.0108 e. The van der Waals surface area contributed by atoms with Crippen LogP contribution in [0.3, 0.4) is 0 Å². The van der Waals surface area contributed by atoms with Gasteiger partial charge in [0, 0.05) is 6.04 Å². The monoisotopic (exact) mass is 281 g/mol. The molecule has 0 aliphatic heterocycles. The van der Waals surface area contributed by atoms with Gasteiger partial charge in [0.1, 0.15) is 0 Å². The summed E-state index contributed by atoms with van der Waals surface area (Å²) in [6.45, 7) is 2.32. The summed E-state index contributed by atoms with van der Waals surface area (Å²) < 4.78 is 0. The van der Waals surface area contributed by atoms with Gasteiger partial charge in [-0.25, -0.2) is 0 Å². The summed E-state index contributed by atoms with van der Waals surface area (Å²) in [4.78, 5) is 0. The van der Waals surface area contributed by atoms with Crippen LogP contribution in [0.25, 0.3) is 10.8 Å². The number of fused-ring (bicyclic) bond motifs is 1. The van der Waals surface area contributed by atoms with Gasteiger partial charge in [-0.15, -0.1) is 0 Å². The molecule has 0 heterocycles. The number of hydrogen-bond acceptors (Lipinski definition) is 1. The van der Waals surface area contributed by atoms with E-state index in [4.69, 9.17) is 5.73 Å². The first-order valence-electron chi connectivity index (χ1n) is 8.49. The molecular formula is C20H27N. The average molecular weight is 281 g/mol. The van der Waals surface area contributed by atoms with Gasteiger partial charge in [-0.05, 0) is 47.4 Å². The van der Waals surface area contributed by atoms with E-state index in [1.54, 1.807) is 0 Å². The van der Waals surface area contributed by atoms with Crippen LogP contribution >= 0.6 is 0 Å². The Bertz CT molecular complexity index is 581. The minimum absolute atomic E-state index is 0.323. The third-order valence-electron chi connectivity index (χ3n) is 5.36. The molecule has 0 spiro atoms. The van der Waals surface area contributed by atoms with E-state index in [-0.39, 0.29) is 0 Å². The molecule has 2 N–H and O–H groups in total.